The predicted octanol–water partition coefficient (Wildman–Crippen LogP) is 1.95. The Morgan fingerprint density at radius 2 is 1.90 bits per heavy atom. The molecule has 1 aromatic heterocycles. The van der Waals surface area contributed by atoms with Crippen molar-refractivity contribution in [1.82, 2.24) is 20.3 Å². The van der Waals surface area contributed by atoms with Crippen molar-refractivity contribution in [3.63, 3.8) is 0 Å². The second kappa shape index (κ2) is 8.77. The number of alkyl halides is 3. The third kappa shape index (κ3) is 5.12. The summed E-state index contributed by atoms with van der Waals surface area (Å²) in [5, 5.41) is 24.0. The molecule has 0 saturated heterocycles. The number of aromatic nitrogens is 3. The van der Waals surface area contributed by atoms with E-state index in [-0.39, 0.29) is 18.8 Å². The fourth-order valence-electron chi connectivity index (χ4n) is 2.73. The van der Waals surface area contributed by atoms with Crippen molar-refractivity contribution in [3.05, 3.63) is 68.5 Å². The van der Waals surface area contributed by atoms with Crippen LogP contribution >= 0.6 is 0 Å². The fourth-order valence-corrected chi connectivity index (χ4v) is 2.73. The lowest BCUT2D eigenvalue weighted by atomic mass is 10.1. The lowest BCUT2D eigenvalue weighted by Crippen LogP contribution is -2.36. The van der Waals surface area contributed by atoms with Gasteiger partial charge in [0.15, 0.2) is 0 Å². The molecule has 2 N–H and O–H groups in total. The van der Waals surface area contributed by atoms with Crippen molar-refractivity contribution < 1.29 is 22.9 Å². The lowest BCUT2D eigenvalue weighted by Gasteiger charge is -2.11. The van der Waals surface area contributed by atoms with Gasteiger partial charge in [0.2, 0.25) is 5.91 Å². The molecule has 0 bridgehead atoms. The molecule has 0 aliphatic carbocycles. The first-order valence-corrected chi connectivity index (χ1v) is 8.85. The van der Waals surface area contributed by atoms with E-state index in [0.29, 0.717) is 17.0 Å². The van der Waals surface area contributed by atoms with Gasteiger partial charge in [0.05, 0.1) is 15.9 Å². The van der Waals surface area contributed by atoms with Crippen LogP contribution in [0.25, 0.3) is 10.9 Å². The molecule has 1 amide bonds. The first kappa shape index (κ1) is 21.7. The summed E-state index contributed by atoms with van der Waals surface area (Å²) in [6, 6.07) is 8.63. The van der Waals surface area contributed by atoms with Crippen molar-refractivity contribution in [3.8, 4) is 0 Å². The van der Waals surface area contributed by atoms with Gasteiger partial charge in [-0.05, 0) is 24.3 Å². The third-order valence-corrected chi connectivity index (χ3v) is 4.21. The van der Waals surface area contributed by atoms with E-state index in [1.54, 1.807) is 24.3 Å². The summed E-state index contributed by atoms with van der Waals surface area (Å²) in [6.07, 6.45) is -4.71. The van der Waals surface area contributed by atoms with Crippen molar-refractivity contribution in [1.29, 1.82) is 0 Å². The molecule has 0 aliphatic rings. The van der Waals surface area contributed by atoms with Crippen LogP contribution in [0.2, 0.25) is 0 Å². The summed E-state index contributed by atoms with van der Waals surface area (Å²) in [4.78, 5) is 34.5. The number of halogens is 3. The van der Waals surface area contributed by atoms with Crippen LogP contribution in [0.4, 0.5) is 24.5 Å². The zero-order valence-corrected chi connectivity index (χ0v) is 15.7. The highest BCUT2D eigenvalue weighted by Crippen LogP contribution is 2.34. The molecule has 0 aliphatic heterocycles. The number of nitro benzene ring substituents is 1. The molecule has 1 heterocycles. The monoisotopic (exact) mass is 436 g/mol. The largest absolute Gasteiger partial charge is 0.416 e. The number of anilines is 1. The first-order valence-electron chi connectivity index (χ1n) is 8.85. The highest BCUT2D eigenvalue weighted by atomic mass is 19.4. The van der Waals surface area contributed by atoms with Crippen LogP contribution < -0.4 is 16.2 Å². The van der Waals surface area contributed by atoms with E-state index < -0.39 is 40.4 Å². The van der Waals surface area contributed by atoms with Gasteiger partial charge in [-0.2, -0.15) is 13.2 Å². The molecular formula is C18H15F3N6O4. The molecule has 0 atom stereocenters. The van der Waals surface area contributed by atoms with E-state index in [4.69, 9.17) is 0 Å². The number of nitrogens with zero attached hydrogens (tertiary/aromatic N) is 4. The number of amides is 1. The van der Waals surface area contributed by atoms with Gasteiger partial charge in [-0.25, -0.2) is 4.68 Å². The molecule has 2 aromatic carbocycles. The van der Waals surface area contributed by atoms with Crippen molar-refractivity contribution in [2.24, 2.45) is 0 Å². The molecule has 13 heteroatoms. The minimum absolute atomic E-state index is 0.00373. The van der Waals surface area contributed by atoms with E-state index in [9.17, 15) is 32.9 Å². The van der Waals surface area contributed by atoms with Crippen LogP contribution in [0.1, 0.15) is 5.56 Å². The zero-order chi connectivity index (χ0) is 22.6. The number of nitro groups is 1. The van der Waals surface area contributed by atoms with Crippen LogP contribution in [0.15, 0.2) is 47.3 Å². The second-order valence-corrected chi connectivity index (χ2v) is 6.33. The topological polar surface area (TPSA) is 132 Å². The first-order chi connectivity index (χ1) is 14.7. The van der Waals surface area contributed by atoms with Gasteiger partial charge in [-0.15, -0.1) is 5.10 Å². The summed E-state index contributed by atoms with van der Waals surface area (Å²) in [7, 11) is 0. The maximum absolute atomic E-state index is 12.7. The summed E-state index contributed by atoms with van der Waals surface area (Å²) in [6.45, 7) is -0.403. The number of rotatable bonds is 7. The van der Waals surface area contributed by atoms with E-state index >= 15 is 0 Å². The standard InChI is InChI=1S/C18H15F3N6O4/c19-18(20,21)11-5-6-14(15(9-11)27(30)31)22-7-8-23-16(28)10-26-17(29)12-3-1-2-4-13(12)24-25-26/h1-6,9,22H,7-8,10H2,(H,23,28). The Morgan fingerprint density at radius 3 is 2.61 bits per heavy atom. The number of hydrogen-bond acceptors (Lipinski definition) is 7. The van der Waals surface area contributed by atoms with Gasteiger partial charge in [0.1, 0.15) is 17.7 Å². The van der Waals surface area contributed by atoms with Gasteiger partial charge in [0.25, 0.3) is 11.2 Å². The maximum atomic E-state index is 12.7. The van der Waals surface area contributed by atoms with E-state index in [1.807, 2.05) is 0 Å². The van der Waals surface area contributed by atoms with Crippen molar-refractivity contribution >= 4 is 28.2 Å². The quantitative estimate of drug-likeness (QED) is 0.329. The summed E-state index contributed by atoms with van der Waals surface area (Å²) >= 11 is 0. The van der Waals surface area contributed by atoms with Gasteiger partial charge in [0, 0.05) is 19.2 Å². The number of carbonyl (C=O) groups excluding carboxylic acids is 1. The fraction of sp³-hybridized carbons (Fsp3) is 0.222. The highest BCUT2D eigenvalue weighted by molar-refractivity contribution is 5.78. The number of nitrogens with one attached hydrogen (secondary N) is 2. The molecule has 0 unspecified atom stereocenters. The molecule has 31 heavy (non-hydrogen) atoms. The molecule has 10 nitrogen and oxygen atoms in total. The molecule has 0 saturated carbocycles. The van der Waals surface area contributed by atoms with Crippen LogP contribution in [0, 0.1) is 10.1 Å². The van der Waals surface area contributed by atoms with Gasteiger partial charge in [-0.3, -0.25) is 19.7 Å². The third-order valence-electron chi connectivity index (χ3n) is 4.21. The lowest BCUT2D eigenvalue weighted by molar-refractivity contribution is -0.384. The van der Waals surface area contributed by atoms with Crippen molar-refractivity contribution in [2.75, 3.05) is 18.4 Å². The van der Waals surface area contributed by atoms with Crippen LogP contribution in [-0.4, -0.2) is 38.9 Å². The van der Waals surface area contributed by atoms with E-state index in [2.05, 4.69) is 20.9 Å². The Hall–Kier alpha value is -4.03. The van der Waals surface area contributed by atoms with Crippen LogP contribution in [0.3, 0.4) is 0 Å². The maximum Gasteiger partial charge on any atom is 0.416 e. The SMILES string of the molecule is O=C(Cn1nnc2ccccc2c1=O)NCCNc1ccc(C(F)(F)F)cc1[N+](=O)[O-]. The number of hydrogen-bond donors (Lipinski definition) is 2. The smallest absolute Gasteiger partial charge is 0.378 e. The summed E-state index contributed by atoms with van der Waals surface area (Å²) in [5.41, 5.74) is -2.09. The minimum Gasteiger partial charge on any atom is -0.378 e. The average Bonchev–Trinajstić information content (AvgIpc) is 2.72. The van der Waals surface area contributed by atoms with Crippen LogP contribution in [0.5, 0.6) is 0 Å². The predicted molar refractivity (Wildman–Crippen MR) is 103 cm³/mol. The zero-order valence-electron chi connectivity index (χ0n) is 15.7. The van der Waals surface area contributed by atoms with Gasteiger partial charge >= 0.3 is 6.18 Å². The van der Waals surface area contributed by atoms with Crippen LogP contribution in [-0.2, 0) is 17.5 Å². The Balaban J connectivity index is 1.58. The Morgan fingerprint density at radius 1 is 1.16 bits per heavy atom. The van der Waals surface area contributed by atoms with Gasteiger partial charge < -0.3 is 10.6 Å². The molecule has 3 rings (SSSR count). The Labute approximate surface area is 171 Å². The van der Waals surface area contributed by atoms with E-state index in [1.165, 1.54) is 0 Å². The number of carbonyl (C=O) groups is 1. The van der Waals surface area contributed by atoms with Crippen molar-refractivity contribution in [2.45, 2.75) is 12.7 Å². The summed E-state index contributed by atoms with van der Waals surface area (Å²) in [5.74, 6) is -0.560. The highest BCUT2D eigenvalue weighted by Gasteiger charge is 2.33. The number of fused-ring (bicyclic) bond motifs is 1. The van der Waals surface area contributed by atoms with E-state index in [0.717, 1.165) is 16.8 Å². The Bertz CT molecular complexity index is 1190. The minimum atomic E-state index is -4.71. The van der Waals surface area contributed by atoms with Gasteiger partial charge in [-0.1, -0.05) is 17.3 Å². The second-order valence-electron chi connectivity index (χ2n) is 6.33. The molecule has 0 spiro atoms. The Kier molecular flexibility index (Phi) is 6.13. The summed E-state index contributed by atoms with van der Waals surface area (Å²) < 4.78 is 39.1. The normalized spacial score (nSPS) is 11.3. The molecule has 3 aromatic rings. The molecule has 0 radical (unpaired) electrons. The average molecular weight is 436 g/mol. The number of benzene rings is 2. The molecule has 162 valence electrons. The molecular weight excluding hydrogens is 421 g/mol. The molecule has 0 fully saturated rings.